The van der Waals surface area contributed by atoms with Gasteiger partial charge >= 0.3 is 0 Å². The third kappa shape index (κ3) is 2.16. The summed E-state index contributed by atoms with van der Waals surface area (Å²) in [5.74, 6) is 0.00861. The number of likely N-dealkylation sites (tertiary alicyclic amines) is 1. The van der Waals surface area contributed by atoms with Gasteiger partial charge in [0.2, 0.25) is 0 Å². The van der Waals surface area contributed by atoms with E-state index in [9.17, 15) is 13.2 Å². The number of amides is 1. The maximum Gasteiger partial charge on any atom is 0.272 e. The second-order valence-electron chi connectivity index (χ2n) is 6.03. The predicted molar refractivity (Wildman–Crippen MR) is 80.2 cm³/mol. The summed E-state index contributed by atoms with van der Waals surface area (Å²) in [4.78, 5) is 14.0. The minimum atomic E-state index is -3.17. The molecule has 1 amide bonds. The zero-order valence-electron chi connectivity index (χ0n) is 12.9. The number of carbonyl (C=O) groups excluding carboxylic acids is 1. The van der Waals surface area contributed by atoms with Crippen LogP contribution in [0, 0.1) is 5.92 Å². The Morgan fingerprint density at radius 3 is 2.82 bits per heavy atom. The first kappa shape index (κ1) is 15.5. The second kappa shape index (κ2) is 5.34. The number of ether oxygens (including phenoxy) is 1. The van der Waals surface area contributed by atoms with Crippen molar-refractivity contribution in [3.8, 4) is 0 Å². The van der Waals surface area contributed by atoms with Gasteiger partial charge in [0, 0.05) is 38.9 Å². The number of aromatic nitrogens is 2. The molecule has 0 saturated carbocycles. The molecule has 2 saturated heterocycles. The van der Waals surface area contributed by atoms with Crippen molar-refractivity contribution in [1.82, 2.24) is 14.7 Å². The second-order valence-corrected chi connectivity index (χ2v) is 8.48. The third-order valence-electron chi connectivity index (χ3n) is 4.87. The van der Waals surface area contributed by atoms with Crippen molar-refractivity contribution in [3.63, 3.8) is 0 Å². The van der Waals surface area contributed by atoms with Crippen LogP contribution in [0.25, 0.3) is 0 Å². The van der Waals surface area contributed by atoms with E-state index in [1.54, 1.807) is 24.2 Å². The Morgan fingerprint density at radius 2 is 2.23 bits per heavy atom. The van der Waals surface area contributed by atoms with Gasteiger partial charge in [-0.15, -0.1) is 0 Å². The molecule has 3 heterocycles. The maximum atomic E-state index is 12.4. The highest BCUT2D eigenvalue weighted by Gasteiger charge is 2.62. The van der Waals surface area contributed by atoms with Crippen LogP contribution >= 0.6 is 0 Å². The molecule has 0 N–H and O–H groups in total. The highest BCUT2D eigenvalue weighted by molar-refractivity contribution is 7.93. The molecule has 1 aromatic rings. The minimum Gasteiger partial charge on any atom is -0.381 e. The zero-order valence-corrected chi connectivity index (χ0v) is 13.7. The van der Waals surface area contributed by atoms with Gasteiger partial charge in [-0.1, -0.05) is 0 Å². The van der Waals surface area contributed by atoms with Crippen LogP contribution in [0.3, 0.4) is 0 Å². The standard InChI is InChI=1S/C14H21N3O4S/c1-3-21-8-11-5-7-22(19,20)14(11)9-17(10-14)13(18)12-4-6-15-16(12)2/h4,6,11H,3,5,7-10H2,1-2H3/t11-/m0/s1. The van der Waals surface area contributed by atoms with Crippen molar-refractivity contribution >= 4 is 15.7 Å². The lowest BCUT2D eigenvalue weighted by molar-refractivity contribution is 0.0263. The lowest BCUT2D eigenvalue weighted by Gasteiger charge is -2.49. The topological polar surface area (TPSA) is 81.5 Å². The van der Waals surface area contributed by atoms with Crippen molar-refractivity contribution < 1.29 is 17.9 Å². The van der Waals surface area contributed by atoms with E-state index in [-0.39, 0.29) is 30.7 Å². The number of rotatable bonds is 4. The van der Waals surface area contributed by atoms with E-state index in [1.165, 1.54) is 4.68 Å². The molecule has 2 fully saturated rings. The monoisotopic (exact) mass is 327 g/mol. The Labute approximate surface area is 130 Å². The van der Waals surface area contributed by atoms with E-state index in [4.69, 9.17) is 4.74 Å². The van der Waals surface area contributed by atoms with Gasteiger partial charge in [0.1, 0.15) is 10.4 Å². The maximum absolute atomic E-state index is 12.4. The molecule has 0 bridgehead atoms. The SMILES string of the molecule is CCOC[C@@H]1CCS(=O)(=O)C12CN(C(=O)c1ccnn1C)C2. The van der Waals surface area contributed by atoms with Crippen LogP contribution in [0.5, 0.6) is 0 Å². The average Bonchev–Trinajstić information content (AvgIpc) is 2.95. The molecule has 122 valence electrons. The molecule has 7 nitrogen and oxygen atoms in total. The summed E-state index contributed by atoms with van der Waals surface area (Å²) in [5, 5.41) is 3.98. The number of sulfone groups is 1. The minimum absolute atomic E-state index is 0.0203. The van der Waals surface area contributed by atoms with E-state index >= 15 is 0 Å². The first-order chi connectivity index (χ1) is 10.4. The molecule has 0 radical (unpaired) electrons. The normalized spacial score (nSPS) is 25.4. The Morgan fingerprint density at radius 1 is 1.50 bits per heavy atom. The summed E-state index contributed by atoms with van der Waals surface area (Å²) in [6.45, 7) is 3.44. The van der Waals surface area contributed by atoms with Crippen LogP contribution in [0.15, 0.2) is 12.3 Å². The van der Waals surface area contributed by atoms with Crippen molar-refractivity contribution in [2.45, 2.75) is 18.1 Å². The van der Waals surface area contributed by atoms with Gasteiger partial charge in [-0.25, -0.2) is 8.42 Å². The van der Waals surface area contributed by atoms with Crippen LogP contribution in [-0.4, -0.2) is 65.8 Å². The molecule has 2 aliphatic rings. The van der Waals surface area contributed by atoms with Gasteiger partial charge in [0.15, 0.2) is 9.84 Å². The Balaban J connectivity index is 1.76. The average molecular weight is 327 g/mol. The van der Waals surface area contributed by atoms with Gasteiger partial charge in [0.25, 0.3) is 5.91 Å². The molecule has 3 rings (SSSR count). The Kier molecular flexibility index (Phi) is 3.76. The number of hydrogen-bond donors (Lipinski definition) is 0. The molecule has 8 heteroatoms. The van der Waals surface area contributed by atoms with Gasteiger partial charge < -0.3 is 9.64 Å². The predicted octanol–water partition coefficient (Wildman–Crippen LogP) is 0.0859. The summed E-state index contributed by atoms with van der Waals surface area (Å²) < 4.78 is 31.0. The first-order valence-electron chi connectivity index (χ1n) is 7.48. The fraction of sp³-hybridized carbons (Fsp3) is 0.714. The molecule has 1 spiro atoms. The van der Waals surface area contributed by atoms with Gasteiger partial charge in [-0.05, 0) is 19.4 Å². The van der Waals surface area contributed by atoms with Crippen LogP contribution in [0.4, 0.5) is 0 Å². The summed E-state index contributed by atoms with van der Waals surface area (Å²) in [7, 11) is -1.47. The van der Waals surface area contributed by atoms with Crippen molar-refractivity contribution in [1.29, 1.82) is 0 Å². The lowest BCUT2D eigenvalue weighted by atomic mass is 9.83. The van der Waals surface area contributed by atoms with Gasteiger partial charge in [-0.2, -0.15) is 5.10 Å². The number of hydrogen-bond acceptors (Lipinski definition) is 5. The van der Waals surface area contributed by atoms with Crippen LogP contribution in [-0.2, 0) is 21.6 Å². The van der Waals surface area contributed by atoms with Crippen molar-refractivity contribution in [2.75, 3.05) is 32.1 Å². The van der Waals surface area contributed by atoms with E-state index < -0.39 is 14.6 Å². The molecule has 0 aromatic carbocycles. The molecular weight excluding hydrogens is 306 g/mol. The largest absolute Gasteiger partial charge is 0.381 e. The molecule has 1 aromatic heterocycles. The van der Waals surface area contributed by atoms with Gasteiger partial charge in [0.05, 0.1) is 12.4 Å². The summed E-state index contributed by atoms with van der Waals surface area (Å²) >= 11 is 0. The third-order valence-corrected chi connectivity index (χ3v) is 7.47. The molecule has 2 aliphatic heterocycles. The highest BCUT2D eigenvalue weighted by atomic mass is 32.2. The lowest BCUT2D eigenvalue weighted by Crippen LogP contribution is -2.68. The zero-order chi connectivity index (χ0) is 16.0. The van der Waals surface area contributed by atoms with E-state index in [2.05, 4.69) is 5.10 Å². The number of aryl methyl sites for hydroxylation is 1. The van der Waals surface area contributed by atoms with E-state index in [0.29, 0.717) is 25.3 Å². The highest BCUT2D eigenvalue weighted by Crippen LogP contribution is 2.45. The smallest absolute Gasteiger partial charge is 0.272 e. The Hall–Kier alpha value is -1.41. The summed E-state index contributed by atoms with van der Waals surface area (Å²) in [6.07, 6.45) is 2.18. The number of carbonyl (C=O) groups is 1. The van der Waals surface area contributed by atoms with E-state index in [0.717, 1.165) is 0 Å². The number of nitrogens with zero attached hydrogens (tertiary/aromatic N) is 3. The molecule has 0 unspecified atom stereocenters. The summed E-state index contributed by atoms with van der Waals surface area (Å²) in [5.41, 5.74) is 0.478. The van der Waals surface area contributed by atoms with Crippen LogP contribution in [0.1, 0.15) is 23.8 Å². The fourth-order valence-corrected chi connectivity index (χ4v) is 5.86. The molecule has 22 heavy (non-hydrogen) atoms. The molecule has 0 aliphatic carbocycles. The van der Waals surface area contributed by atoms with Crippen LogP contribution < -0.4 is 0 Å². The first-order valence-corrected chi connectivity index (χ1v) is 9.14. The fourth-order valence-electron chi connectivity index (χ4n) is 3.46. The van der Waals surface area contributed by atoms with Crippen molar-refractivity contribution in [3.05, 3.63) is 18.0 Å². The van der Waals surface area contributed by atoms with Gasteiger partial charge in [-0.3, -0.25) is 9.48 Å². The van der Waals surface area contributed by atoms with E-state index in [1.807, 2.05) is 6.92 Å². The van der Waals surface area contributed by atoms with Crippen molar-refractivity contribution in [2.24, 2.45) is 13.0 Å². The Bertz CT molecular complexity index is 676. The quantitative estimate of drug-likeness (QED) is 0.782. The molecule has 1 atom stereocenters. The summed E-state index contributed by atoms with van der Waals surface area (Å²) in [6, 6.07) is 1.65. The molecular formula is C14H21N3O4S. The van der Waals surface area contributed by atoms with Crippen LogP contribution in [0.2, 0.25) is 0 Å².